The lowest BCUT2D eigenvalue weighted by molar-refractivity contribution is 0.549. The molecule has 0 amide bonds. The Balaban J connectivity index is 1.64. The van der Waals surface area contributed by atoms with Gasteiger partial charge in [0, 0.05) is 29.6 Å². The molecule has 1 aliphatic carbocycles. The Labute approximate surface area is 161 Å². The number of rotatable bonds is 3. The average Bonchev–Trinajstić information content (AvgIpc) is 3.38. The lowest BCUT2D eigenvalue weighted by Crippen LogP contribution is -2.23. The van der Waals surface area contributed by atoms with Crippen LogP contribution in [0.4, 0.5) is 4.39 Å². The first kappa shape index (κ1) is 16.8. The summed E-state index contributed by atoms with van der Waals surface area (Å²) in [5.41, 5.74) is 1.20. The third-order valence-electron chi connectivity index (χ3n) is 4.87. The van der Waals surface area contributed by atoms with Crippen LogP contribution in [0.2, 0.25) is 5.02 Å². The lowest BCUT2D eigenvalue weighted by Gasteiger charge is -2.07. The van der Waals surface area contributed by atoms with Crippen LogP contribution < -0.4 is 11.2 Å². The highest BCUT2D eigenvalue weighted by Crippen LogP contribution is 2.55. The van der Waals surface area contributed by atoms with E-state index < -0.39 is 17.2 Å². The Bertz CT molecular complexity index is 1330. The normalized spacial score (nSPS) is 18.5. The fourth-order valence-electron chi connectivity index (χ4n) is 3.44. The van der Waals surface area contributed by atoms with Crippen molar-refractivity contribution in [3.63, 3.8) is 0 Å². The van der Waals surface area contributed by atoms with Gasteiger partial charge in [-0.2, -0.15) is 14.0 Å². The Morgan fingerprint density at radius 2 is 2.04 bits per heavy atom. The first-order chi connectivity index (χ1) is 13.5. The molecule has 5 rings (SSSR count). The largest absolute Gasteiger partial charge is 0.325 e. The summed E-state index contributed by atoms with van der Waals surface area (Å²) >= 11 is 5.90. The number of imidazole rings is 1. The van der Waals surface area contributed by atoms with Crippen LogP contribution in [0.15, 0.2) is 46.4 Å². The highest BCUT2D eigenvalue weighted by atomic mass is 35.5. The number of aromatic nitrogens is 6. The van der Waals surface area contributed by atoms with Gasteiger partial charge in [-0.05, 0) is 30.5 Å². The maximum absolute atomic E-state index is 14.2. The van der Waals surface area contributed by atoms with Gasteiger partial charge in [0.1, 0.15) is 0 Å². The van der Waals surface area contributed by atoms with E-state index in [0.717, 1.165) is 28.4 Å². The number of fused-ring (bicyclic) bond motifs is 1. The van der Waals surface area contributed by atoms with E-state index in [2.05, 4.69) is 25.0 Å². The van der Waals surface area contributed by atoms with E-state index in [4.69, 9.17) is 11.6 Å². The van der Waals surface area contributed by atoms with Gasteiger partial charge in [0.2, 0.25) is 5.95 Å². The van der Waals surface area contributed by atoms with Gasteiger partial charge in [0.05, 0.1) is 22.5 Å². The highest BCUT2D eigenvalue weighted by Gasteiger charge is 2.42. The molecule has 0 unspecified atom stereocenters. The minimum atomic E-state index is -0.638. The van der Waals surface area contributed by atoms with Crippen LogP contribution in [0.1, 0.15) is 29.5 Å². The molecule has 4 aromatic heterocycles. The van der Waals surface area contributed by atoms with E-state index in [-0.39, 0.29) is 23.1 Å². The van der Waals surface area contributed by atoms with Crippen LogP contribution in [0, 0.1) is 5.95 Å². The smallest absolute Gasteiger partial charge is 0.313 e. The van der Waals surface area contributed by atoms with Crippen molar-refractivity contribution < 1.29 is 4.39 Å². The molecule has 1 fully saturated rings. The van der Waals surface area contributed by atoms with Gasteiger partial charge in [-0.25, -0.2) is 9.78 Å². The standard InChI is InChI=1S/C18H12ClFN6O2/c19-8-1-2-13(21-5-8)10-3-9(10)11-4-14(12-6-23-18(28)24-17(12)27)25-26-15(20)7-22-16(11)26/h1-2,4-7,9-10H,3H2,(H2,23,24,27,28)/t9-,10-/m0/s1. The second-order valence-corrected chi connectivity index (χ2v) is 7.07. The third-order valence-corrected chi connectivity index (χ3v) is 5.09. The van der Waals surface area contributed by atoms with Crippen LogP contribution >= 0.6 is 11.6 Å². The molecule has 1 aliphatic rings. The van der Waals surface area contributed by atoms with Crippen LogP contribution in [-0.2, 0) is 0 Å². The van der Waals surface area contributed by atoms with E-state index in [0.29, 0.717) is 10.7 Å². The number of hydrogen-bond acceptors (Lipinski definition) is 5. The Morgan fingerprint density at radius 1 is 1.18 bits per heavy atom. The van der Waals surface area contributed by atoms with Gasteiger partial charge in [-0.15, -0.1) is 0 Å². The second-order valence-electron chi connectivity index (χ2n) is 6.64. The van der Waals surface area contributed by atoms with Crippen molar-refractivity contribution in [3.05, 3.63) is 79.9 Å². The van der Waals surface area contributed by atoms with E-state index in [1.165, 1.54) is 6.20 Å². The van der Waals surface area contributed by atoms with Crippen molar-refractivity contribution in [3.8, 4) is 11.3 Å². The maximum Gasteiger partial charge on any atom is 0.325 e. The topological polar surface area (TPSA) is 109 Å². The molecule has 0 aromatic carbocycles. The van der Waals surface area contributed by atoms with Gasteiger partial charge in [-0.1, -0.05) is 11.6 Å². The van der Waals surface area contributed by atoms with E-state index in [1.807, 2.05) is 6.07 Å². The van der Waals surface area contributed by atoms with Crippen molar-refractivity contribution >= 4 is 17.2 Å². The minimum absolute atomic E-state index is 0.0570. The van der Waals surface area contributed by atoms with Crippen molar-refractivity contribution in [2.24, 2.45) is 0 Å². The molecule has 2 atom stereocenters. The Morgan fingerprint density at radius 3 is 2.79 bits per heavy atom. The van der Waals surface area contributed by atoms with Crippen molar-refractivity contribution in [1.29, 1.82) is 0 Å². The molecule has 0 spiro atoms. The van der Waals surface area contributed by atoms with Gasteiger partial charge < -0.3 is 4.98 Å². The Hall–Kier alpha value is -3.33. The zero-order valence-corrected chi connectivity index (χ0v) is 14.9. The first-order valence-electron chi connectivity index (χ1n) is 8.49. The minimum Gasteiger partial charge on any atom is -0.313 e. The van der Waals surface area contributed by atoms with Crippen LogP contribution in [0.5, 0.6) is 0 Å². The predicted molar refractivity (Wildman–Crippen MR) is 99.0 cm³/mol. The maximum atomic E-state index is 14.2. The molecular weight excluding hydrogens is 387 g/mol. The number of nitrogens with one attached hydrogen (secondary N) is 2. The SMILES string of the molecule is O=c1[nH]cc(-c2cc([C@H]3C[C@@H]3c3ccc(Cl)cn3)c3ncc(F)n3n2)c(=O)[nH]1. The number of nitrogens with zero attached hydrogens (tertiary/aromatic N) is 4. The number of H-pyrrole nitrogens is 2. The first-order valence-corrected chi connectivity index (χ1v) is 8.87. The molecule has 10 heteroatoms. The monoisotopic (exact) mass is 398 g/mol. The molecule has 0 aliphatic heterocycles. The van der Waals surface area contributed by atoms with Crippen molar-refractivity contribution in [2.75, 3.05) is 0 Å². The molecule has 4 heterocycles. The molecule has 1 saturated carbocycles. The summed E-state index contributed by atoms with van der Waals surface area (Å²) in [5.74, 6) is -0.438. The Kier molecular flexibility index (Phi) is 3.66. The van der Waals surface area contributed by atoms with E-state index in [1.54, 1.807) is 18.3 Å². The summed E-state index contributed by atoms with van der Waals surface area (Å²) in [5, 5.41) is 4.74. The fourth-order valence-corrected chi connectivity index (χ4v) is 3.55. The molecule has 0 bridgehead atoms. The molecule has 4 aromatic rings. The number of halogens is 2. The summed E-state index contributed by atoms with van der Waals surface area (Å²) in [6.45, 7) is 0. The third kappa shape index (κ3) is 2.71. The summed E-state index contributed by atoms with van der Waals surface area (Å²) in [6, 6.07) is 5.36. The molecule has 8 nitrogen and oxygen atoms in total. The van der Waals surface area contributed by atoms with E-state index in [9.17, 15) is 14.0 Å². The van der Waals surface area contributed by atoms with Crippen LogP contribution in [0.25, 0.3) is 16.9 Å². The average molecular weight is 399 g/mol. The molecule has 0 saturated heterocycles. The summed E-state index contributed by atoms with van der Waals surface area (Å²) in [4.78, 5) is 36.5. The second kappa shape index (κ2) is 6.10. The van der Waals surface area contributed by atoms with Gasteiger partial charge in [0.15, 0.2) is 5.65 Å². The molecule has 0 radical (unpaired) electrons. The van der Waals surface area contributed by atoms with Crippen LogP contribution in [0.3, 0.4) is 0 Å². The highest BCUT2D eigenvalue weighted by molar-refractivity contribution is 6.30. The van der Waals surface area contributed by atoms with Gasteiger partial charge in [0.25, 0.3) is 5.56 Å². The molecule has 28 heavy (non-hydrogen) atoms. The van der Waals surface area contributed by atoms with Gasteiger partial charge in [-0.3, -0.25) is 14.8 Å². The summed E-state index contributed by atoms with van der Waals surface area (Å²) in [7, 11) is 0. The van der Waals surface area contributed by atoms with Crippen molar-refractivity contribution in [1.82, 2.24) is 29.5 Å². The lowest BCUT2D eigenvalue weighted by atomic mass is 10.1. The summed E-state index contributed by atoms with van der Waals surface area (Å²) in [6.07, 6.45) is 4.75. The zero-order chi connectivity index (χ0) is 19.4. The number of hydrogen-bond donors (Lipinski definition) is 2. The quantitative estimate of drug-likeness (QED) is 0.550. The molecule has 2 N–H and O–H groups in total. The van der Waals surface area contributed by atoms with E-state index >= 15 is 0 Å². The molecular formula is C18H12ClFN6O2. The summed E-state index contributed by atoms with van der Waals surface area (Å²) < 4.78 is 15.3. The van der Waals surface area contributed by atoms with Gasteiger partial charge >= 0.3 is 5.69 Å². The number of pyridine rings is 1. The predicted octanol–water partition coefficient (Wildman–Crippen LogP) is 2.23. The van der Waals surface area contributed by atoms with Crippen LogP contribution in [-0.4, -0.2) is 29.5 Å². The number of aromatic amines is 2. The zero-order valence-electron chi connectivity index (χ0n) is 14.2. The van der Waals surface area contributed by atoms with Crippen molar-refractivity contribution in [2.45, 2.75) is 18.3 Å². The molecule has 140 valence electrons. The fraction of sp³-hybridized carbons (Fsp3) is 0.167.